The molecule has 0 aliphatic carbocycles. The lowest BCUT2D eigenvalue weighted by molar-refractivity contribution is -0.109. The molecule has 0 spiro atoms. The fourth-order valence-electron chi connectivity index (χ4n) is 0.199. The van der Waals surface area contributed by atoms with Crippen molar-refractivity contribution in [1.82, 2.24) is 0 Å². The van der Waals surface area contributed by atoms with Crippen molar-refractivity contribution in [3.8, 4) is 0 Å². The summed E-state index contributed by atoms with van der Waals surface area (Å²) < 4.78 is 5.04. The maximum atomic E-state index is 10.3. The van der Waals surface area contributed by atoms with Crippen molar-refractivity contribution >= 4 is 36.8 Å². The lowest BCUT2D eigenvalue weighted by atomic mass is 10.5. The molecule has 0 saturated carbocycles. The van der Waals surface area contributed by atoms with Crippen molar-refractivity contribution in [3.63, 3.8) is 0 Å². The third-order valence-corrected chi connectivity index (χ3v) is 3.61. The quantitative estimate of drug-likeness (QED) is 0.384. The molecule has 2 nitrogen and oxygen atoms in total. The van der Waals surface area contributed by atoms with Crippen LogP contribution in [0.5, 0.6) is 0 Å². The molecule has 0 aromatic rings. The summed E-state index contributed by atoms with van der Waals surface area (Å²) in [6.45, 7) is 4.33. The van der Waals surface area contributed by atoms with Crippen molar-refractivity contribution < 1.29 is 8.98 Å². The summed E-state index contributed by atoms with van der Waals surface area (Å²) in [6, 6.07) is 0. The summed E-state index contributed by atoms with van der Waals surface area (Å²) in [5, 5.41) is 0.109. The Morgan fingerprint density at radius 2 is 2.30 bits per heavy atom. The van der Waals surface area contributed by atoms with E-state index in [1.54, 1.807) is 0 Å². The second-order valence-electron chi connectivity index (χ2n) is 1.53. The van der Waals surface area contributed by atoms with Gasteiger partial charge in [-0.05, 0) is 17.2 Å². The molecule has 10 heavy (non-hydrogen) atoms. The molecule has 0 unspecified atom stereocenters. The third kappa shape index (κ3) is 8.68. The molecule has 60 valence electrons. The summed E-state index contributed by atoms with van der Waals surface area (Å²) in [4.78, 5) is 10.3. The van der Waals surface area contributed by atoms with Crippen LogP contribution in [0, 0.1) is 0 Å². The third-order valence-electron chi connectivity index (χ3n) is 0.515. The monoisotopic (exact) mass is 198 g/mol. The predicted molar refractivity (Wildman–Crippen MR) is 49.7 cm³/mol. The second-order valence-corrected chi connectivity index (χ2v) is 5.32. The lowest BCUT2D eigenvalue weighted by Crippen LogP contribution is -1.79. The Hall–Kier alpha value is 0.680. The predicted octanol–water partition coefficient (Wildman–Crippen LogP) is 2.90. The van der Waals surface area contributed by atoms with Gasteiger partial charge in [-0.1, -0.05) is 6.92 Å². The van der Waals surface area contributed by atoms with Crippen molar-refractivity contribution in [2.24, 2.45) is 0 Å². The zero-order valence-electron chi connectivity index (χ0n) is 5.96. The molecule has 0 rings (SSSR count). The van der Waals surface area contributed by atoms with Gasteiger partial charge in [-0.25, -0.2) is 0 Å². The number of hydrogen-bond donors (Lipinski definition) is 0. The van der Waals surface area contributed by atoms with Crippen molar-refractivity contribution in [1.29, 1.82) is 0 Å². The molecule has 0 amide bonds. The van der Waals surface area contributed by atoms with Crippen molar-refractivity contribution in [2.45, 2.75) is 20.3 Å². The van der Waals surface area contributed by atoms with Crippen molar-refractivity contribution in [3.05, 3.63) is 0 Å². The van der Waals surface area contributed by atoms with E-state index in [9.17, 15) is 4.79 Å². The van der Waals surface area contributed by atoms with E-state index >= 15 is 0 Å². The van der Waals surface area contributed by atoms with Crippen LogP contribution < -0.4 is 0 Å². The van der Waals surface area contributed by atoms with Gasteiger partial charge in [0.05, 0.1) is 17.7 Å². The van der Waals surface area contributed by atoms with E-state index in [0.29, 0.717) is 0 Å². The van der Waals surface area contributed by atoms with Crippen LogP contribution in [-0.2, 0) is 8.98 Å². The van der Waals surface area contributed by atoms with Crippen LogP contribution >= 0.6 is 31.7 Å². The molecule has 0 fully saturated rings. The Kier molecular flexibility index (Phi) is 8.31. The zero-order chi connectivity index (χ0) is 7.82. The summed E-state index contributed by atoms with van der Waals surface area (Å²) in [6.07, 6.45) is 1.01. The molecular weight excluding hydrogens is 188 g/mol. The van der Waals surface area contributed by atoms with E-state index in [2.05, 4.69) is 0 Å². The highest BCUT2D eigenvalue weighted by atomic mass is 33.5. The smallest absolute Gasteiger partial charge is 0.197 e. The minimum atomic E-state index is 0.109. The first-order valence-electron chi connectivity index (χ1n) is 2.90. The van der Waals surface area contributed by atoms with E-state index in [1.807, 2.05) is 6.92 Å². The van der Waals surface area contributed by atoms with Crippen LogP contribution in [0.2, 0.25) is 0 Å². The Bertz CT molecular complexity index is 96.9. The maximum Gasteiger partial charge on any atom is 0.197 e. The average molecular weight is 198 g/mol. The molecule has 0 aliphatic rings. The number of rotatable bonds is 5. The van der Waals surface area contributed by atoms with E-state index in [1.165, 1.54) is 38.6 Å². The van der Waals surface area contributed by atoms with Gasteiger partial charge in [0.1, 0.15) is 0 Å². The van der Waals surface area contributed by atoms with Gasteiger partial charge in [-0.2, -0.15) is 0 Å². The first-order valence-corrected chi connectivity index (χ1v) is 6.31. The first kappa shape index (κ1) is 10.7. The fraction of sp³-hybridized carbons (Fsp3) is 0.800. The normalized spacial score (nSPS) is 9.80. The van der Waals surface area contributed by atoms with Crippen LogP contribution in [0.4, 0.5) is 0 Å². The molecule has 0 N–H and O–H groups in total. The Morgan fingerprint density at radius 3 is 2.80 bits per heavy atom. The Labute approximate surface area is 72.9 Å². The molecule has 0 atom stereocenters. The van der Waals surface area contributed by atoms with E-state index in [-0.39, 0.29) is 5.12 Å². The van der Waals surface area contributed by atoms with Gasteiger partial charge < -0.3 is 4.18 Å². The van der Waals surface area contributed by atoms with E-state index in [0.717, 1.165) is 13.0 Å². The lowest BCUT2D eigenvalue weighted by Gasteiger charge is -1.95. The van der Waals surface area contributed by atoms with Gasteiger partial charge >= 0.3 is 0 Å². The number of hydrogen-bond acceptors (Lipinski definition) is 5. The summed E-state index contributed by atoms with van der Waals surface area (Å²) in [7, 11) is 2.56. The highest BCUT2D eigenvalue weighted by molar-refractivity contribution is 9.11. The van der Waals surface area contributed by atoms with Crippen LogP contribution in [-0.4, -0.2) is 11.7 Å². The standard InChI is InChI=1S/C5H10O2S3/c1-3-4-7-9-10-8-5(2)6/h3-4H2,1-2H3. The zero-order valence-corrected chi connectivity index (χ0v) is 8.40. The molecule has 0 bridgehead atoms. The fourth-order valence-corrected chi connectivity index (χ4v) is 2.76. The minimum absolute atomic E-state index is 0.109. The molecule has 0 aromatic heterocycles. The highest BCUT2D eigenvalue weighted by Crippen LogP contribution is 2.35. The van der Waals surface area contributed by atoms with Gasteiger partial charge in [0.2, 0.25) is 0 Å². The minimum Gasteiger partial charge on any atom is -0.304 e. The number of carbonyl (C=O) groups excluding carboxylic acids is 1. The summed E-state index contributed by atoms with van der Waals surface area (Å²) in [5.74, 6) is 0. The first-order chi connectivity index (χ1) is 4.77. The van der Waals surface area contributed by atoms with E-state index in [4.69, 9.17) is 4.18 Å². The van der Waals surface area contributed by atoms with Crippen LogP contribution in [0.25, 0.3) is 0 Å². The van der Waals surface area contributed by atoms with Crippen LogP contribution in [0.3, 0.4) is 0 Å². The summed E-state index contributed by atoms with van der Waals surface area (Å²) in [5.41, 5.74) is 0. The molecule has 0 saturated heterocycles. The maximum absolute atomic E-state index is 10.3. The average Bonchev–Trinajstić information content (AvgIpc) is 1.87. The molecule has 0 heterocycles. The summed E-state index contributed by atoms with van der Waals surface area (Å²) >= 11 is 1.26. The topological polar surface area (TPSA) is 26.3 Å². The Morgan fingerprint density at radius 1 is 1.60 bits per heavy atom. The Balaban J connectivity index is 2.84. The molecule has 0 aromatic carbocycles. The largest absolute Gasteiger partial charge is 0.304 e. The van der Waals surface area contributed by atoms with Crippen molar-refractivity contribution in [2.75, 3.05) is 6.61 Å². The molecular formula is C5H10O2S3. The molecule has 0 aliphatic heterocycles. The molecule has 0 radical (unpaired) electrons. The van der Waals surface area contributed by atoms with Crippen LogP contribution in [0.15, 0.2) is 0 Å². The van der Waals surface area contributed by atoms with Gasteiger partial charge in [0.15, 0.2) is 5.12 Å². The SMILES string of the molecule is CCCOSSSC(C)=O. The van der Waals surface area contributed by atoms with Gasteiger partial charge in [0, 0.05) is 16.7 Å². The van der Waals surface area contributed by atoms with Gasteiger partial charge in [-0.3, -0.25) is 4.79 Å². The molecule has 5 heteroatoms. The highest BCUT2D eigenvalue weighted by Gasteiger charge is 1.94. The van der Waals surface area contributed by atoms with Gasteiger partial charge in [0.25, 0.3) is 0 Å². The second kappa shape index (κ2) is 7.78. The van der Waals surface area contributed by atoms with Crippen LogP contribution in [0.1, 0.15) is 20.3 Å². The van der Waals surface area contributed by atoms with Gasteiger partial charge in [-0.15, -0.1) is 0 Å². The van der Waals surface area contributed by atoms with E-state index < -0.39 is 0 Å². The number of carbonyl (C=O) groups is 1.